The van der Waals surface area contributed by atoms with Gasteiger partial charge in [0.25, 0.3) is 0 Å². The number of likely N-dealkylation sites (N-methyl/N-ethyl adjacent to an activating group) is 1. The van der Waals surface area contributed by atoms with E-state index in [2.05, 4.69) is 9.97 Å². The van der Waals surface area contributed by atoms with Crippen LogP contribution in [0.1, 0.15) is 11.3 Å². The number of nitrogens with zero attached hydrogens (tertiary/aromatic N) is 3. The number of carbonyl (C=O) groups excluding carboxylic acids is 1. The normalized spacial score (nSPS) is 10.5. The van der Waals surface area contributed by atoms with Crippen LogP contribution in [0.25, 0.3) is 10.6 Å². The SMILES string of the molecule is CN(Cc1ccccc1)C(=O)Cc1csc(-c2ccncc2)n1. The number of amides is 1. The van der Waals surface area contributed by atoms with E-state index in [1.807, 2.05) is 54.9 Å². The summed E-state index contributed by atoms with van der Waals surface area (Å²) >= 11 is 1.55. The molecule has 0 aliphatic carbocycles. The van der Waals surface area contributed by atoms with Gasteiger partial charge in [0.1, 0.15) is 5.01 Å². The van der Waals surface area contributed by atoms with Crippen LogP contribution in [0.3, 0.4) is 0 Å². The molecule has 0 unspecified atom stereocenters. The minimum atomic E-state index is 0.0698. The number of hydrogen-bond donors (Lipinski definition) is 0. The second-order valence-electron chi connectivity index (χ2n) is 5.29. The maximum atomic E-state index is 12.3. The van der Waals surface area contributed by atoms with Crippen molar-refractivity contribution in [2.24, 2.45) is 0 Å². The van der Waals surface area contributed by atoms with Crippen molar-refractivity contribution in [1.29, 1.82) is 0 Å². The molecule has 0 N–H and O–H groups in total. The molecule has 116 valence electrons. The Balaban J connectivity index is 1.63. The van der Waals surface area contributed by atoms with E-state index in [0.29, 0.717) is 13.0 Å². The quantitative estimate of drug-likeness (QED) is 0.723. The summed E-state index contributed by atoms with van der Waals surface area (Å²) in [6.45, 7) is 0.612. The van der Waals surface area contributed by atoms with E-state index in [9.17, 15) is 4.79 Å². The molecule has 0 saturated carbocycles. The van der Waals surface area contributed by atoms with Crippen molar-refractivity contribution in [2.45, 2.75) is 13.0 Å². The number of carbonyl (C=O) groups is 1. The van der Waals surface area contributed by atoms with Crippen molar-refractivity contribution in [1.82, 2.24) is 14.9 Å². The molecule has 4 nitrogen and oxygen atoms in total. The molecule has 0 bridgehead atoms. The standard InChI is InChI=1S/C18H17N3OS/c1-21(12-14-5-3-2-4-6-14)17(22)11-16-13-23-18(20-16)15-7-9-19-10-8-15/h2-10,13H,11-12H2,1H3. The third-order valence-corrected chi connectivity index (χ3v) is 4.44. The third kappa shape index (κ3) is 4.02. The molecule has 3 rings (SSSR count). The van der Waals surface area contributed by atoms with Crippen molar-refractivity contribution in [3.63, 3.8) is 0 Å². The number of hydrogen-bond acceptors (Lipinski definition) is 4. The van der Waals surface area contributed by atoms with E-state index in [0.717, 1.165) is 21.8 Å². The first-order valence-corrected chi connectivity index (χ1v) is 8.23. The van der Waals surface area contributed by atoms with Gasteiger partial charge in [0.2, 0.25) is 5.91 Å². The van der Waals surface area contributed by atoms with Crippen LogP contribution in [0.15, 0.2) is 60.2 Å². The van der Waals surface area contributed by atoms with Crippen LogP contribution in [-0.2, 0) is 17.8 Å². The van der Waals surface area contributed by atoms with Crippen LogP contribution >= 0.6 is 11.3 Å². The van der Waals surface area contributed by atoms with Gasteiger partial charge >= 0.3 is 0 Å². The minimum Gasteiger partial charge on any atom is -0.341 e. The fraction of sp³-hybridized carbons (Fsp3) is 0.167. The van der Waals surface area contributed by atoms with Crippen molar-refractivity contribution in [2.75, 3.05) is 7.05 Å². The lowest BCUT2D eigenvalue weighted by Crippen LogP contribution is -2.27. The predicted octanol–water partition coefficient (Wildman–Crippen LogP) is 3.41. The molecule has 0 saturated heterocycles. The van der Waals surface area contributed by atoms with Crippen molar-refractivity contribution in [3.8, 4) is 10.6 Å². The van der Waals surface area contributed by atoms with Gasteiger partial charge in [-0.1, -0.05) is 30.3 Å². The Morgan fingerprint density at radius 2 is 1.87 bits per heavy atom. The summed E-state index contributed by atoms with van der Waals surface area (Å²) in [5.41, 5.74) is 2.96. The van der Waals surface area contributed by atoms with Gasteiger partial charge in [0, 0.05) is 36.9 Å². The highest BCUT2D eigenvalue weighted by atomic mass is 32.1. The summed E-state index contributed by atoms with van der Waals surface area (Å²) in [5, 5.41) is 2.87. The molecule has 0 atom stereocenters. The van der Waals surface area contributed by atoms with Crippen LogP contribution < -0.4 is 0 Å². The van der Waals surface area contributed by atoms with E-state index >= 15 is 0 Å². The van der Waals surface area contributed by atoms with Gasteiger partial charge in [-0.2, -0.15) is 0 Å². The lowest BCUT2D eigenvalue weighted by Gasteiger charge is -2.16. The first kappa shape index (κ1) is 15.4. The van der Waals surface area contributed by atoms with Crippen molar-refractivity contribution in [3.05, 3.63) is 71.5 Å². The molecule has 3 aromatic rings. The number of aromatic nitrogens is 2. The molecule has 1 aromatic carbocycles. The fourth-order valence-corrected chi connectivity index (χ4v) is 3.08. The van der Waals surface area contributed by atoms with Gasteiger partial charge in [-0.05, 0) is 17.7 Å². The van der Waals surface area contributed by atoms with Crippen LogP contribution in [-0.4, -0.2) is 27.8 Å². The highest BCUT2D eigenvalue weighted by Crippen LogP contribution is 2.23. The largest absolute Gasteiger partial charge is 0.341 e. The molecule has 0 radical (unpaired) electrons. The third-order valence-electron chi connectivity index (χ3n) is 3.50. The molecule has 2 aromatic heterocycles. The zero-order valence-electron chi connectivity index (χ0n) is 12.8. The zero-order valence-corrected chi connectivity index (χ0v) is 13.7. The molecule has 5 heteroatoms. The fourth-order valence-electron chi connectivity index (χ4n) is 2.25. The first-order valence-electron chi connectivity index (χ1n) is 7.35. The average molecular weight is 323 g/mol. The Morgan fingerprint density at radius 3 is 2.61 bits per heavy atom. The molecular weight excluding hydrogens is 306 g/mol. The Morgan fingerprint density at radius 1 is 1.13 bits per heavy atom. The summed E-state index contributed by atoms with van der Waals surface area (Å²) in [4.78, 5) is 22.6. The Bertz CT molecular complexity index is 771. The summed E-state index contributed by atoms with van der Waals surface area (Å²) in [7, 11) is 1.82. The van der Waals surface area contributed by atoms with Gasteiger partial charge in [-0.15, -0.1) is 11.3 Å². The lowest BCUT2D eigenvalue weighted by atomic mass is 10.2. The van der Waals surface area contributed by atoms with Crippen LogP contribution in [0.4, 0.5) is 0 Å². The molecule has 1 amide bonds. The maximum absolute atomic E-state index is 12.3. The highest BCUT2D eigenvalue weighted by molar-refractivity contribution is 7.13. The van der Waals surface area contributed by atoms with Gasteiger partial charge in [-0.25, -0.2) is 4.98 Å². The Kier molecular flexibility index (Phi) is 4.78. The van der Waals surface area contributed by atoms with Crippen LogP contribution in [0.2, 0.25) is 0 Å². The molecule has 23 heavy (non-hydrogen) atoms. The van der Waals surface area contributed by atoms with Crippen LogP contribution in [0.5, 0.6) is 0 Å². The lowest BCUT2D eigenvalue weighted by molar-refractivity contribution is -0.129. The maximum Gasteiger partial charge on any atom is 0.228 e. The summed E-state index contributed by atoms with van der Waals surface area (Å²) in [6.07, 6.45) is 3.81. The van der Waals surface area contributed by atoms with E-state index in [1.165, 1.54) is 0 Å². The number of thiazole rings is 1. The van der Waals surface area contributed by atoms with Crippen molar-refractivity contribution < 1.29 is 4.79 Å². The molecular formula is C18H17N3OS. The molecule has 0 aliphatic rings. The topological polar surface area (TPSA) is 46.1 Å². The Labute approximate surface area is 139 Å². The second kappa shape index (κ2) is 7.15. The predicted molar refractivity (Wildman–Crippen MR) is 92.0 cm³/mol. The number of rotatable bonds is 5. The molecule has 0 spiro atoms. The molecule has 2 heterocycles. The molecule has 0 fully saturated rings. The van der Waals surface area contributed by atoms with Crippen molar-refractivity contribution >= 4 is 17.2 Å². The Hall–Kier alpha value is -2.53. The summed E-state index contributed by atoms with van der Waals surface area (Å²) < 4.78 is 0. The van der Waals surface area contributed by atoms with Crippen LogP contribution in [0, 0.1) is 0 Å². The summed E-state index contributed by atoms with van der Waals surface area (Å²) in [6, 6.07) is 13.8. The van der Waals surface area contributed by atoms with E-state index in [1.54, 1.807) is 28.6 Å². The van der Waals surface area contributed by atoms with Gasteiger partial charge in [0.05, 0.1) is 12.1 Å². The van der Waals surface area contributed by atoms with E-state index in [4.69, 9.17) is 0 Å². The van der Waals surface area contributed by atoms with Gasteiger partial charge in [-0.3, -0.25) is 9.78 Å². The monoisotopic (exact) mass is 323 g/mol. The van der Waals surface area contributed by atoms with E-state index in [-0.39, 0.29) is 5.91 Å². The van der Waals surface area contributed by atoms with Gasteiger partial charge < -0.3 is 4.90 Å². The minimum absolute atomic E-state index is 0.0698. The number of benzene rings is 1. The smallest absolute Gasteiger partial charge is 0.228 e. The first-order chi connectivity index (χ1) is 11.2. The van der Waals surface area contributed by atoms with E-state index < -0.39 is 0 Å². The second-order valence-corrected chi connectivity index (χ2v) is 6.15. The number of pyridine rings is 1. The average Bonchev–Trinajstić information content (AvgIpc) is 3.05. The van der Waals surface area contributed by atoms with Gasteiger partial charge in [0.15, 0.2) is 0 Å². The molecule has 0 aliphatic heterocycles. The highest BCUT2D eigenvalue weighted by Gasteiger charge is 2.13. The zero-order chi connectivity index (χ0) is 16.1. The summed E-state index contributed by atoms with van der Waals surface area (Å²) in [5.74, 6) is 0.0698.